The minimum absolute atomic E-state index is 0.142. The molecular formula is C27H34FN3O2. The molecule has 2 fully saturated rings. The van der Waals surface area contributed by atoms with Gasteiger partial charge in [-0.05, 0) is 80.5 Å². The number of halogens is 1. The van der Waals surface area contributed by atoms with E-state index < -0.39 is 0 Å². The zero-order valence-corrected chi connectivity index (χ0v) is 19.1. The van der Waals surface area contributed by atoms with Crippen LogP contribution < -0.4 is 11.1 Å². The molecule has 2 aromatic rings. The second kappa shape index (κ2) is 10.9. The number of amides is 2. The summed E-state index contributed by atoms with van der Waals surface area (Å²) in [4.78, 5) is 28.0. The van der Waals surface area contributed by atoms with Gasteiger partial charge in [-0.25, -0.2) is 4.39 Å². The van der Waals surface area contributed by atoms with Crippen molar-refractivity contribution >= 4 is 17.5 Å². The molecule has 176 valence electrons. The average Bonchev–Trinajstić information content (AvgIpc) is 2.85. The molecular weight excluding hydrogens is 417 g/mol. The summed E-state index contributed by atoms with van der Waals surface area (Å²) in [5, 5.41) is 2.85. The molecule has 3 N–H and O–H groups in total. The van der Waals surface area contributed by atoms with E-state index in [0.717, 1.165) is 56.9 Å². The predicted molar refractivity (Wildman–Crippen MR) is 128 cm³/mol. The van der Waals surface area contributed by atoms with E-state index in [2.05, 4.69) is 10.2 Å². The zero-order chi connectivity index (χ0) is 23.2. The summed E-state index contributed by atoms with van der Waals surface area (Å²) in [5.74, 6) is -0.217. The number of carbonyl (C=O) groups excluding carboxylic acids is 2. The SMILES string of the molecule is NC1CCC(N(Cc2ccc(NC(=O)c3ccc(F)cc3)cc2)C(=O)C2CCCCC2)CC1. The van der Waals surface area contributed by atoms with Crippen LogP contribution in [-0.4, -0.2) is 28.8 Å². The molecule has 2 aliphatic carbocycles. The number of carbonyl (C=O) groups is 2. The first-order chi connectivity index (χ1) is 16.0. The Morgan fingerprint density at radius 3 is 2.15 bits per heavy atom. The molecule has 0 heterocycles. The molecule has 33 heavy (non-hydrogen) atoms. The van der Waals surface area contributed by atoms with Crippen LogP contribution in [0.5, 0.6) is 0 Å². The number of hydrogen-bond donors (Lipinski definition) is 2. The van der Waals surface area contributed by atoms with Crippen molar-refractivity contribution in [3.63, 3.8) is 0 Å². The van der Waals surface area contributed by atoms with Gasteiger partial charge in [-0.3, -0.25) is 9.59 Å². The first-order valence-corrected chi connectivity index (χ1v) is 12.2. The Balaban J connectivity index is 1.43. The topological polar surface area (TPSA) is 75.4 Å². The average molecular weight is 452 g/mol. The van der Waals surface area contributed by atoms with E-state index in [4.69, 9.17) is 5.73 Å². The Bertz CT molecular complexity index is 931. The Labute approximate surface area is 195 Å². The van der Waals surface area contributed by atoms with Crippen LogP contribution in [0, 0.1) is 11.7 Å². The van der Waals surface area contributed by atoms with Crippen molar-refractivity contribution in [1.82, 2.24) is 4.90 Å². The van der Waals surface area contributed by atoms with E-state index in [1.807, 2.05) is 24.3 Å². The lowest BCUT2D eigenvalue weighted by Gasteiger charge is -2.39. The zero-order valence-electron chi connectivity index (χ0n) is 19.1. The van der Waals surface area contributed by atoms with Gasteiger partial charge in [0.1, 0.15) is 5.82 Å². The molecule has 2 aliphatic rings. The van der Waals surface area contributed by atoms with E-state index in [0.29, 0.717) is 23.7 Å². The van der Waals surface area contributed by atoms with Crippen molar-refractivity contribution in [2.24, 2.45) is 11.7 Å². The second-order valence-electron chi connectivity index (χ2n) is 9.53. The minimum Gasteiger partial charge on any atom is -0.335 e. The lowest BCUT2D eigenvalue weighted by Crippen LogP contribution is -2.46. The van der Waals surface area contributed by atoms with Gasteiger partial charge in [-0.1, -0.05) is 31.4 Å². The number of nitrogens with zero attached hydrogens (tertiary/aromatic N) is 1. The molecule has 4 rings (SSSR count). The summed E-state index contributed by atoms with van der Waals surface area (Å²) >= 11 is 0. The van der Waals surface area contributed by atoms with Gasteiger partial charge in [-0.15, -0.1) is 0 Å². The van der Waals surface area contributed by atoms with Gasteiger partial charge in [0.2, 0.25) is 5.91 Å². The first kappa shape index (κ1) is 23.4. The number of rotatable bonds is 6. The largest absolute Gasteiger partial charge is 0.335 e. The lowest BCUT2D eigenvalue weighted by atomic mass is 9.85. The fourth-order valence-electron chi connectivity index (χ4n) is 5.08. The third-order valence-electron chi connectivity index (χ3n) is 7.09. The van der Waals surface area contributed by atoms with Crippen molar-refractivity contribution in [3.8, 4) is 0 Å². The van der Waals surface area contributed by atoms with Crippen molar-refractivity contribution in [1.29, 1.82) is 0 Å². The maximum Gasteiger partial charge on any atom is 0.255 e. The van der Waals surface area contributed by atoms with Gasteiger partial charge in [0.25, 0.3) is 5.91 Å². The standard InChI is InChI=1S/C27H34FN3O2/c28-22-10-8-20(9-11-22)26(32)30-24-14-6-19(7-15-24)18-31(25-16-12-23(29)13-17-25)27(33)21-4-2-1-3-5-21/h6-11,14-15,21,23,25H,1-5,12-13,16-18,29H2,(H,30,32). The number of nitrogens with two attached hydrogens (primary N) is 1. The summed E-state index contributed by atoms with van der Waals surface area (Å²) in [7, 11) is 0. The Morgan fingerprint density at radius 1 is 0.879 bits per heavy atom. The predicted octanol–water partition coefficient (Wildman–Crippen LogP) is 5.26. The number of anilines is 1. The smallest absolute Gasteiger partial charge is 0.255 e. The first-order valence-electron chi connectivity index (χ1n) is 12.2. The van der Waals surface area contributed by atoms with Crippen molar-refractivity contribution < 1.29 is 14.0 Å². The quantitative estimate of drug-likeness (QED) is 0.629. The van der Waals surface area contributed by atoms with E-state index in [1.54, 1.807) is 0 Å². The molecule has 0 atom stereocenters. The molecule has 0 aromatic heterocycles. The molecule has 0 unspecified atom stereocenters. The number of nitrogens with one attached hydrogen (secondary N) is 1. The van der Waals surface area contributed by atoms with Gasteiger partial charge >= 0.3 is 0 Å². The van der Waals surface area contributed by atoms with Crippen LogP contribution in [0.2, 0.25) is 0 Å². The molecule has 2 amide bonds. The normalized spacial score (nSPS) is 21.4. The van der Waals surface area contributed by atoms with E-state index in [1.165, 1.54) is 30.7 Å². The Morgan fingerprint density at radius 2 is 1.52 bits per heavy atom. The minimum atomic E-state index is -0.372. The fourth-order valence-corrected chi connectivity index (χ4v) is 5.08. The van der Waals surface area contributed by atoms with Gasteiger partial charge in [0.05, 0.1) is 0 Å². The fraction of sp³-hybridized carbons (Fsp3) is 0.481. The van der Waals surface area contributed by atoms with Crippen molar-refractivity contribution in [3.05, 3.63) is 65.5 Å². The second-order valence-corrected chi connectivity index (χ2v) is 9.53. The Kier molecular flexibility index (Phi) is 7.76. The highest BCUT2D eigenvalue weighted by Crippen LogP contribution is 2.30. The molecule has 5 nitrogen and oxygen atoms in total. The van der Waals surface area contributed by atoms with Crippen LogP contribution in [0.25, 0.3) is 0 Å². The molecule has 0 bridgehead atoms. The maximum absolute atomic E-state index is 13.5. The molecule has 0 aliphatic heterocycles. The van der Waals surface area contributed by atoms with Crippen LogP contribution >= 0.6 is 0 Å². The van der Waals surface area contributed by atoms with Gasteiger partial charge in [-0.2, -0.15) is 0 Å². The summed E-state index contributed by atoms with van der Waals surface area (Å²) in [6.45, 7) is 0.585. The third kappa shape index (κ3) is 6.20. The maximum atomic E-state index is 13.5. The monoisotopic (exact) mass is 451 g/mol. The summed E-state index contributed by atoms with van der Waals surface area (Å²) in [6, 6.07) is 13.6. The van der Waals surface area contributed by atoms with Crippen LogP contribution in [0.1, 0.15) is 73.7 Å². The molecule has 0 radical (unpaired) electrons. The van der Waals surface area contributed by atoms with Gasteiger partial charge < -0.3 is 16.0 Å². The van der Waals surface area contributed by atoms with E-state index >= 15 is 0 Å². The molecule has 0 spiro atoms. The van der Waals surface area contributed by atoms with E-state index in [9.17, 15) is 14.0 Å². The van der Waals surface area contributed by atoms with Gasteiger partial charge in [0, 0.05) is 35.8 Å². The summed E-state index contributed by atoms with van der Waals surface area (Å²) < 4.78 is 13.1. The van der Waals surface area contributed by atoms with Gasteiger partial charge in [0.15, 0.2) is 0 Å². The van der Waals surface area contributed by atoms with Crippen molar-refractivity contribution in [2.45, 2.75) is 76.4 Å². The van der Waals surface area contributed by atoms with Crippen LogP contribution in [0.4, 0.5) is 10.1 Å². The summed E-state index contributed by atoms with van der Waals surface area (Å²) in [6.07, 6.45) is 9.36. The number of benzene rings is 2. The van der Waals surface area contributed by atoms with Crippen LogP contribution in [0.3, 0.4) is 0 Å². The molecule has 6 heteroatoms. The molecule has 2 saturated carbocycles. The van der Waals surface area contributed by atoms with E-state index in [-0.39, 0.29) is 29.7 Å². The molecule has 0 saturated heterocycles. The third-order valence-corrected chi connectivity index (χ3v) is 7.09. The Hall–Kier alpha value is -2.73. The molecule has 2 aromatic carbocycles. The highest BCUT2D eigenvalue weighted by atomic mass is 19.1. The highest BCUT2D eigenvalue weighted by molar-refractivity contribution is 6.04. The van der Waals surface area contributed by atoms with Crippen LogP contribution in [-0.2, 0) is 11.3 Å². The lowest BCUT2D eigenvalue weighted by molar-refractivity contribution is -0.140. The van der Waals surface area contributed by atoms with Crippen LogP contribution in [0.15, 0.2) is 48.5 Å². The summed E-state index contributed by atoms with van der Waals surface area (Å²) in [5.41, 5.74) is 8.24. The van der Waals surface area contributed by atoms with Crippen molar-refractivity contribution in [2.75, 3.05) is 5.32 Å². The highest BCUT2D eigenvalue weighted by Gasteiger charge is 2.32. The number of hydrogen-bond acceptors (Lipinski definition) is 3.